The maximum Gasteiger partial charge on any atom is 0.229 e. The Hall–Kier alpha value is -3.29. The highest BCUT2D eigenvalue weighted by molar-refractivity contribution is 5.64. The van der Waals surface area contributed by atoms with Gasteiger partial charge in [-0.3, -0.25) is 0 Å². The van der Waals surface area contributed by atoms with Gasteiger partial charge in [0.25, 0.3) is 0 Å². The lowest BCUT2D eigenvalue weighted by Gasteiger charge is -2.40. The van der Waals surface area contributed by atoms with Crippen LogP contribution in [0.2, 0.25) is 0 Å². The zero-order chi connectivity index (χ0) is 19.9. The average Bonchev–Trinajstić information content (AvgIpc) is 3.11. The largest absolute Gasteiger partial charge is 0.494 e. The highest BCUT2D eigenvalue weighted by atomic mass is 16.5. The summed E-state index contributed by atoms with van der Waals surface area (Å²) < 4.78 is 13.3. The summed E-state index contributed by atoms with van der Waals surface area (Å²) in [6, 6.07) is 5.84. The summed E-state index contributed by atoms with van der Waals surface area (Å²) >= 11 is 0. The van der Waals surface area contributed by atoms with Crippen LogP contribution >= 0.6 is 0 Å². The van der Waals surface area contributed by atoms with E-state index in [-0.39, 0.29) is 5.54 Å². The van der Waals surface area contributed by atoms with Crippen molar-refractivity contribution < 1.29 is 9.47 Å². The molecule has 0 fully saturated rings. The number of methoxy groups -OCH3 is 1. The van der Waals surface area contributed by atoms with Gasteiger partial charge in [0, 0.05) is 25.0 Å². The molecule has 0 saturated heterocycles. The minimum Gasteiger partial charge on any atom is -0.494 e. The predicted molar refractivity (Wildman–Crippen MR) is 108 cm³/mol. The van der Waals surface area contributed by atoms with Gasteiger partial charge in [0.2, 0.25) is 5.95 Å². The molecular weight excluding hydrogens is 356 g/mol. The Kier molecular flexibility index (Phi) is 4.33. The van der Waals surface area contributed by atoms with Gasteiger partial charge in [0.15, 0.2) is 11.6 Å². The lowest BCUT2D eigenvalue weighted by molar-refractivity contribution is 0.215. The van der Waals surface area contributed by atoms with Crippen molar-refractivity contribution in [3.63, 3.8) is 0 Å². The van der Waals surface area contributed by atoms with Crippen LogP contribution in [0.5, 0.6) is 11.5 Å². The minimum atomic E-state index is -0.133. The quantitative estimate of drug-likeness (QED) is 0.744. The van der Waals surface area contributed by atoms with Gasteiger partial charge in [0.1, 0.15) is 12.4 Å². The first kappa shape index (κ1) is 18.1. The Morgan fingerprint density at radius 3 is 2.79 bits per heavy atom. The van der Waals surface area contributed by atoms with Crippen molar-refractivity contribution in [1.29, 1.82) is 0 Å². The van der Waals surface area contributed by atoms with Crippen molar-refractivity contribution in [2.45, 2.75) is 26.3 Å². The number of aromatic nitrogens is 4. The molecule has 3 aromatic rings. The summed E-state index contributed by atoms with van der Waals surface area (Å²) in [4.78, 5) is 15.4. The van der Waals surface area contributed by atoms with Crippen LogP contribution < -0.4 is 19.7 Å². The van der Waals surface area contributed by atoms with Gasteiger partial charge in [-0.25, -0.2) is 9.97 Å². The van der Waals surface area contributed by atoms with E-state index in [2.05, 4.69) is 39.0 Å². The molecule has 3 heterocycles. The number of aryl methyl sites for hydroxylation is 1. The van der Waals surface area contributed by atoms with Crippen molar-refractivity contribution in [1.82, 2.24) is 19.5 Å². The molecule has 146 valence electrons. The zero-order valence-corrected chi connectivity index (χ0v) is 16.7. The lowest BCUT2D eigenvalue weighted by Crippen LogP contribution is -2.49. The maximum absolute atomic E-state index is 5.79. The monoisotopic (exact) mass is 380 g/mol. The standard InChI is InChI=1S/C20H24N6O2/c1-13-10-26(12-22-13)15-7-6-14(8-16(15)27-5)23-19-21-9-17-18(24-19)25(4)20(2,3)11-28-17/h6-10,12H,11H2,1-5H3,(H,21,23,24). The van der Waals surface area contributed by atoms with E-state index in [0.29, 0.717) is 18.3 Å². The normalized spacial score (nSPS) is 15.0. The van der Waals surface area contributed by atoms with Crippen molar-refractivity contribution in [2.24, 2.45) is 0 Å². The molecule has 0 saturated carbocycles. The summed E-state index contributed by atoms with van der Waals surface area (Å²) in [5, 5.41) is 3.25. The Balaban J connectivity index is 1.62. The van der Waals surface area contributed by atoms with E-state index in [1.54, 1.807) is 19.6 Å². The second-order valence-electron chi connectivity index (χ2n) is 7.48. The zero-order valence-electron chi connectivity index (χ0n) is 16.7. The van der Waals surface area contributed by atoms with E-state index in [1.165, 1.54) is 0 Å². The van der Waals surface area contributed by atoms with E-state index in [9.17, 15) is 0 Å². The first-order valence-electron chi connectivity index (χ1n) is 9.07. The number of imidazole rings is 1. The van der Waals surface area contributed by atoms with Crippen molar-refractivity contribution in [3.8, 4) is 17.2 Å². The van der Waals surface area contributed by atoms with Gasteiger partial charge in [0.05, 0.1) is 36.6 Å². The molecule has 4 rings (SSSR count). The molecule has 1 aliphatic rings. The van der Waals surface area contributed by atoms with Crippen molar-refractivity contribution >= 4 is 17.5 Å². The number of hydrogen-bond acceptors (Lipinski definition) is 7. The predicted octanol–water partition coefficient (Wildman–Crippen LogP) is 3.33. The van der Waals surface area contributed by atoms with Crippen molar-refractivity contribution in [3.05, 3.63) is 42.6 Å². The molecule has 0 atom stereocenters. The maximum atomic E-state index is 5.79. The first-order valence-corrected chi connectivity index (χ1v) is 9.07. The Bertz CT molecular complexity index is 1010. The number of ether oxygens (including phenoxy) is 2. The minimum absolute atomic E-state index is 0.133. The van der Waals surface area contributed by atoms with Crippen molar-refractivity contribution in [2.75, 3.05) is 31.0 Å². The summed E-state index contributed by atoms with van der Waals surface area (Å²) in [6.07, 6.45) is 5.43. The number of rotatable bonds is 4. The van der Waals surface area contributed by atoms with E-state index in [4.69, 9.17) is 9.47 Å². The third-order valence-corrected chi connectivity index (χ3v) is 4.97. The second kappa shape index (κ2) is 6.70. The number of likely N-dealkylation sites (N-methyl/N-ethyl adjacent to an activating group) is 1. The highest BCUT2D eigenvalue weighted by Crippen LogP contribution is 2.36. The van der Waals surface area contributed by atoms with Gasteiger partial charge in [-0.2, -0.15) is 4.98 Å². The third kappa shape index (κ3) is 3.21. The van der Waals surface area contributed by atoms with E-state index >= 15 is 0 Å². The molecule has 1 aromatic carbocycles. The van der Waals surface area contributed by atoms with E-state index in [1.807, 2.05) is 42.9 Å². The van der Waals surface area contributed by atoms with Gasteiger partial charge in [-0.1, -0.05) is 0 Å². The van der Waals surface area contributed by atoms with Crippen LogP contribution in [-0.4, -0.2) is 45.8 Å². The summed E-state index contributed by atoms with van der Waals surface area (Å²) in [6.45, 7) is 6.78. The molecular formula is C20H24N6O2. The fourth-order valence-corrected chi connectivity index (χ4v) is 3.05. The molecule has 0 spiro atoms. The van der Waals surface area contributed by atoms with Gasteiger partial charge in [-0.05, 0) is 32.9 Å². The average molecular weight is 380 g/mol. The van der Waals surface area contributed by atoms with Crippen LogP contribution in [0.1, 0.15) is 19.5 Å². The molecule has 0 amide bonds. The highest BCUT2D eigenvalue weighted by Gasteiger charge is 2.33. The number of nitrogens with one attached hydrogen (secondary N) is 1. The van der Waals surface area contributed by atoms with Crippen LogP contribution in [0.4, 0.5) is 17.5 Å². The van der Waals surface area contributed by atoms with Gasteiger partial charge in [-0.15, -0.1) is 0 Å². The van der Waals surface area contributed by atoms with Crippen LogP contribution in [0.25, 0.3) is 5.69 Å². The molecule has 0 bridgehead atoms. The van der Waals surface area contributed by atoms with Gasteiger partial charge < -0.3 is 24.3 Å². The molecule has 8 nitrogen and oxygen atoms in total. The number of fused-ring (bicyclic) bond motifs is 1. The van der Waals surface area contributed by atoms with Crippen LogP contribution in [0, 0.1) is 6.92 Å². The third-order valence-electron chi connectivity index (χ3n) is 4.97. The number of nitrogens with zero attached hydrogens (tertiary/aromatic N) is 5. The fourth-order valence-electron chi connectivity index (χ4n) is 3.05. The molecule has 28 heavy (non-hydrogen) atoms. The number of anilines is 3. The molecule has 0 aliphatic carbocycles. The Morgan fingerprint density at radius 2 is 2.07 bits per heavy atom. The van der Waals surface area contributed by atoms with E-state index < -0.39 is 0 Å². The fraction of sp³-hybridized carbons (Fsp3) is 0.350. The Labute approximate surface area is 164 Å². The number of benzene rings is 1. The smallest absolute Gasteiger partial charge is 0.229 e. The van der Waals surface area contributed by atoms with Gasteiger partial charge >= 0.3 is 0 Å². The van der Waals surface area contributed by atoms with E-state index in [0.717, 1.165) is 28.6 Å². The molecule has 1 aliphatic heterocycles. The summed E-state index contributed by atoms with van der Waals surface area (Å²) in [5.41, 5.74) is 2.55. The van der Waals surface area contributed by atoms with Crippen LogP contribution in [0.15, 0.2) is 36.9 Å². The lowest BCUT2D eigenvalue weighted by atomic mass is 10.0. The number of hydrogen-bond donors (Lipinski definition) is 1. The van der Waals surface area contributed by atoms with Crippen LogP contribution in [0.3, 0.4) is 0 Å². The summed E-state index contributed by atoms with van der Waals surface area (Å²) in [5.74, 6) is 2.68. The first-order chi connectivity index (χ1) is 13.4. The Morgan fingerprint density at radius 1 is 1.25 bits per heavy atom. The molecule has 8 heteroatoms. The second-order valence-corrected chi connectivity index (χ2v) is 7.48. The molecule has 0 radical (unpaired) electrons. The SMILES string of the molecule is COc1cc(Nc2ncc3c(n2)N(C)C(C)(C)CO3)ccc1-n1cnc(C)c1. The molecule has 0 unspecified atom stereocenters. The summed E-state index contributed by atoms with van der Waals surface area (Å²) in [7, 11) is 3.67. The topological polar surface area (TPSA) is 77.3 Å². The van der Waals surface area contributed by atoms with Crippen LogP contribution in [-0.2, 0) is 0 Å². The molecule has 2 aromatic heterocycles. The molecule has 1 N–H and O–H groups in total.